The normalized spacial score (nSPS) is 18.0. The van der Waals surface area contributed by atoms with E-state index in [4.69, 9.17) is 23.2 Å². The van der Waals surface area contributed by atoms with Crippen molar-refractivity contribution in [3.8, 4) is 0 Å². The number of halogens is 6. The third kappa shape index (κ3) is 12.6. The van der Waals surface area contributed by atoms with Gasteiger partial charge in [-0.15, -0.1) is 53.9 Å². The van der Waals surface area contributed by atoms with Crippen LogP contribution in [0.3, 0.4) is 0 Å². The van der Waals surface area contributed by atoms with Gasteiger partial charge in [0.1, 0.15) is 5.75 Å². The van der Waals surface area contributed by atoms with Crippen LogP contribution >= 0.6 is 72.8 Å². The lowest BCUT2D eigenvalue weighted by Crippen LogP contribution is -2.49. The van der Waals surface area contributed by atoms with E-state index in [0.29, 0.717) is 0 Å². The second-order valence-corrected chi connectivity index (χ2v) is 11.4. The largest absolute Gasteiger partial charge is 0.598 e. The van der Waals surface area contributed by atoms with E-state index in [1.165, 1.54) is 11.1 Å². The molecule has 0 aromatic heterocycles. The molecule has 2 saturated heterocycles. The maximum atomic E-state index is 12.8. The zero-order valence-electron chi connectivity index (χ0n) is 20.8. The van der Waals surface area contributed by atoms with Crippen LogP contribution in [-0.2, 0) is 24.5 Å². The molecule has 1 unspecified atom stereocenters. The molecule has 4 rings (SSSR count). The third-order valence-electron chi connectivity index (χ3n) is 6.52. The Morgan fingerprint density at radius 1 is 0.595 bits per heavy atom. The van der Waals surface area contributed by atoms with E-state index in [1.807, 2.05) is 24.3 Å². The van der Waals surface area contributed by atoms with Crippen molar-refractivity contribution in [2.75, 3.05) is 64.7 Å². The Bertz CT molecular complexity index is 851. The molecule has 37 heavy (non-hydrogen) atoms. The van der Waals surface area contributed by atoms with E-state index in [1.54, 1.807) is 0 Å². The summed E-state index contributed by atoms with van der Waals surface area (Å²) in [6.07, 6.45) is 0.995. The van der Waals surface area contributed by atoms with Gasteiger partial charge in [0.15, 0.2) is 0 Å². The van der Waals surface area contributed by atoms with Crippen molar-refractivity contribution in [1.29, 1.82) is 0 Å². The van der Waals surface area contributed by atoms with E-state index >= 15 is 0 Å². The number of piperazine rings is 2. The molecule has 0 amide bonds. The van der Waals surface area contributed by atoms with Crippen molar-refractivity contribution in [3.05, 3.63) is 69.7 Å². The summed E-state index contributed by atoms with van der Waals surface area (Å²) in [5.74, 6) is 0.766. The average molecular weight is 655 g/mol. The molecule has 12 heteroatoms. The van der Waals surface area contributed by atoms with Crippen LogP contribution in [0.2, 0.25) is 10.0 Å². The highest BCUT2D eigenvalue weighted by Crippen LogP contribution is 2.16. The fraction of sp³-hybridized carbons (Fsp3) is 0.520. The van der Waals surface area contributed by atoms with Gasteiger partial charge in [-0.1, -0.05) is 47.5 Å². The molecule has 2 fully saturated rings. The number of benzene rings is 2. The molecule has 212 valence electrons. The summed E-state index contributed by atoms with van der Waals surface area (Å²) in [4.78, 5) is 7.45. The van der Waals surface area contributed by atoms with Crippen molar-refractivity contribution in [1.82, 2.24) is 19.0 Å². The minimum atomic E-state index is -0.869. The highest BCUT2D eigenvalue weighted by Gasteiger charge is 2.26. The monoisotopic (exact) mass is 652 g/mol. The Balaban J connectivity index is 0.00000324. The number of nitrogens with zero attached hydrogens (tertiary/aromatic N) is 4. The molecule has 2 heterocycles. The standard InChI is InChI=1S/C25H34Cl2N4OS.4ClH/c26-24-6-2-22(3-7-24)20-29-13-11-28(12-14-29)10-1-19-33(32)31-17-15-30(16-18-31)21-23-4-8-25(27)9-5-23;;;;/h2-9H,1,10-21H2;4*1H. The van der Waals surface area contributed by atoms with E-state index < -0.39 is 11.4 Å². The smallest absolute Gasteiger partial charge is 0.127 e. The topological polar surface area (TPSA) is 36.0 Å². The van der Waals surface area contributed by atoms with Gasteiger partial charge >= 0.3 is 0 Å². The molecule has 0 N–H and O–H groups in total. The first-order valence-corrected chi connectivity index (χ1v) is 13.9. The summed E-state index contributed by atoms with van der Waals surface area (Å²) >= 11 is 11.1. The molecule has 0 bridgehead atoms. The summed E-state index contributed by atoms with van der Waals surface area (Å²) in [5.41, 5.74) is 2.60. The fourth-order valence-corrected chi connectivity index (χ4v) is 5.96. The third-order valence-corrected chi connectivity index (χ3v) is 8.60. The van der Waals surface area contributed by atoms with Crippen molar-refractivity contribution < 1.29 is 4.55 Å². The Morgan fingerprint density at radius 2 is 0.973 bits per heavy atom. The predicted molar refractivity (Wildman–Crippen MR) is 168 cm³/mol. The maximum absolute atomic E-state index is 12.8. The summed E-state index contributed by atoms with van der Waals surface area (Å²) in [6, 6.07) is 16.2. The molecular weight excluding hydrogens is 617 g/mol. The minimum Gasteiger partial charge on any atom is -0.598 e. The quantitative estimate of drug-likeness (QED) is 0.326. The van der Waals surface area contributed by atoms with Crippen LogP contribution in [-0.4, -0.2) is 88.2 Å². The van der Waals surface area contributed by atoms with Gasteiger partial charge in [-0.25, -0.2) is 0 Å². The van der Waals surface area contributed by atoms with Crippen LogP contribution in [0.4, 0.5) is 0 Å². The van der Waals surface area contributed by atoms with Crippen LogP contribution in [0.5, 0.6) is 0 Å². The molecule has 5 nitrogen and oxygen atoms in total. The fourth-order valence-electron chi connectivity index (χ4n) is 4.50. The summed E-state index contributed by atoms with van der Waals surface area (Å²) in [6.45, 7) is 11.0. The zero-order valence-corrected chi connectivity index (χ0v) is 26.4. The highest BCUT2D eigenvalue weighted by atomic mass is 35.5. The molecule has 0 saturated carbocycles. The van der Waals surface area contributed by atoms with Gasteiger partial charge in [0.2, 0.25) is 0 Å². The molecule has 1 atom stereocenters. The molecule has 0 radical (unpaired) electrons. The Morgan fingerprint density at radius 3 is 1.41 bits per heavy atom. The summed E-state index contributed by atoms with van der Waals surface area (Å²) in [7, 11) is 0. The first-order valence-electron chi connectivity index (χ1n) is 11.8. The summed E-state index contributed by atoms with van der Waals surface area (Å²) < 4.78 is 14.9. The zero-order chi connectivity index (χ0) is 23.0. The van der Waals surface area contributed by atoms with E-state index in [-0.39, 0.29) is 49.6 Å². The number of hydrogen-bond donors (Lipinski definition) is 0. The van der Waals surface area contributed by atoms with Gasteiger partial charge in [-0.3, -0.25) is 9.80 Å². The Labute approximate surface area is 260 Å². The van der Waals surface area contributed by atoms with E-state index in [9.17, 15) is 4.55 Å². The molecule has 2 aliphatic rings. The summed E-state index contributed by atoms with van der Waals surface area (Å²) in [5, 5.41) is 1.57. The van der Waals surface area contributed by atoms with Crippen molar-refractivity contribution >= 4 is 84.2 Å². The van der Waals surface area contributed by atoms with Crippen molar-refractivity contribution in [2.24, 2.45) is 0 Å². The first kappa shape index (κ1) is 37.3. The number of rotatable bonds is 9. The molecular formula is C25H38Cl6N4OS. The first-order chi connectivity index (χ1) is 16.0. The van der Waals surface area contributed by atoms with Gasteiger partial charge < -0.3 is 9.45 Å². The lowest BCUT2D eigenvalue weighted by molar-refractivity contribution is 0.127. The van der Waals surface area contributed by atoms with Gasteiger partial charge in [-0.2, -0.15) is 0 Å². The van der Waals surface area contributed by atoms with Gasteiger partial charge in [0.25, 0.3) is 0 Å². The minimum absolute atomic E-state index is 0. The predicted octanol–water partition coefficient (Wildman–Crippen LogP) is 5.67. The molecule has 0 aliphatic carbocycles. The Hall–Kier alpha value is 0.330. The molecule has 2 aliphatic heterocycles. The van der Waals surface area contributed by atoms with Crippen LogP contribution in [0, 0.1) is 0 Å². The van der Waals surface area contributed by atoms with E-state index in [0.717, 1.165) is 94.2 Å². The lowest BCUT2D eigenvalue weighted by Gasteiger charge is -2.36. The lowest BCUT2D eigenvalue weighted by atomic mass is 10.2. The van der Waals surface area contributed by atoms with Gasteiger partial charge in [0.05, 0.1) is 13.1 Å². The SMILES string of the molecule is Cl.Cl.Cl.Cl.[O-][S+](CCCN1CCN(Cc2ccc(Cl)cc2)CC1)N1CCN(Cc2ccc(Cl)cc2)CC1. The second kappa shape index (κ2) is 19.4. The van der Waals surface area contributed by atoms with Crippen LogP contribution in [0.1, 0.15) is 17.5 Å². The van der Waals surface area contributed by atoms with Crippen LogP contribution in [0.25, 0.3) is 0 Å². The Kier molecular flexibility index (Phi) is 19.6. The van der Waals surface area contributed by atoms with Crippen LogP contribution < -0.4 is 0 Å². The van der Waals surface area contributed by atoms with Gasteiger partial charge in [0, 0.05) is 86.7 Å². The number of hydrogen-bond acceptors (Lipinski definition) is 5. The molecule has 2 aromatic rings. The average Bonchev–Trinajstić information content (AvgIpc) is 2.83. The van der Waals surface area contributed by atoms with E-state index in [2.05, 4.69) is 43.3 Å². The molecule has 0 spiro atoms. The van der Waals surface area contributed by atoms with Crippen molar-refractivity contribution in [3.63, 3.8) is 0 Å². The van der Waals surface area contributed by atoms with Crippen molar-refractivity contribution in [2.45, 2.75) is 19.5 Å². The maximum Gasteiger partial charge on any atom is 0.127 e. The highest BCUT2D eigenvalue weighted by molar-refractivity contribution is 7.89. The van der Waals surface area contributed by atoms with Gasteiger partial charge in [-0.05, 0) is 35.4 Å². The second-order valence-electron chi connectivity index (χ2n) is 8.96. The van der Waals surface area contributed by atoms with Crippen LogP contribution in [0.15, 0.2) is 48.5 Å². The molecule has 2 aromatic carbocycles.